The van der Waals surface area contributed by atoms with Gasteiger partial charge in [0.1, 0.15) is 6.54 Å². The van der Waals surface area contributed by atoms with E-state index in [1.54, 1.807) is 6.92 Å². The molecule has 6 nitrogen and oxygen atoms in total. The summed E-state index contributed by atoms with van der Waals surface area (Å²) in [7, 11) is -3.58. The summed E-state index contributed by atoms with van der Waals surface area (Å²) >= 11 is 0. The van der Waals surface area contributed by atoms with E-state index in [0.29, 0.717) is 18.7 Å². The van der Waals surface area contributed by atoms with E-state index in [2.05, 4.69) is 4.72 Å². The summed E-state index contributed by atoms with van der Waals surface area (Å²) in [6.45, 7) is 3.76. The number of quaternary nitrogens is 1. The fraction of sp³-hybridized carbons (Fsp3) is 0.278. The molecule has 0 unspecified atom stereocenters. The first kappa shape index (κ1) is 19.1. The van der Waals surface area contributed by atoms with Gasteiger partial charge in [0.25, 0.3) is 0 Å². The number of benzene rings is 2. The first-order chi connectivity index (χ1) is 12.0. The summed E-state index contributed by atoms with van der Waals surface area (Å²) in [5, 5.41) is 2.04. The molecular formula is C18H23N2O4S+. The van der Waals surface area contributed by atoms with E-state index in [1.807, 2.05) is 35.6 Å². The molecule has 0 aromatic heterocycles. The molecule has 0 aliphatic carbocycles. The molecule has 3 N–H and O–H groups in total. The molecule has 0 aliphatic heterocycles. The minimum Gasteiger partial charge on any atom is -0.462 e. The maximum Gasteiger partial charge on any atom is 0.338 e. The number of carbonyl (C=O) groups is 1. The Morgan fingerprint density at radius 1 is 1.08 bits per heavy atom. The smallest absolute Gasteiger partial charge is 0.338 e. The van der Waals surface area contributed by atoms with Crippen LogP contribution in [0.3, 0.4) is 0 Å². The normalized spacial score (nSPS) is 11.2. The molecule has 2 aromatic carbocycles. The Morgan fingerprint density at radius 2 is 1.76 bits per heavy atom. The summed E-state index contributed by atoms with van der Waals surface area (Å²) in [4.78, 5) is 11.7. The van der Waals surface area contributed by atoms with E-state index in [9.17, 15) is 13.2 Å². The van der Waals surface area contributed by atoms with Crippen molar-refractivity contribution in [3.63, 3.8) is 0 Å². The van der Waals surface area contributed by atoms with Crippen molar-refractivity contribution < 1.29 is 23.3 Å². The number of hydrogen-bond donors (Lipinski definition) is 2. The van der Waals surface area contributed by atoms with E-state index >= 15 is 0 Å². The van der Waals surface area contributed by atoms with Gasteiger partial charge in [-0.15, -0.1) is 0 Å². The molecule has 0 atom stereocenters. The topological polar surface area (TPSA) is 89.1 Å². The van der Waals surface area contributed by atoms with Crippen molar-refractivity contribution in [1.82, 2.24) is 4.72 Å². The van der Waals surface area contributed by atoms with Crippen LogP contribution < -0.4 is 10.0 Å². The Hall–Kier alpha value is -2.22. The summed E-state index contributed by atoms with van der Waals surface area (Å²) in [6.07, 6.45) is 0. The molecule has 0 aliphatic rings. The van der Waals surface area contributed by atoms with Gasteiger partial charge in [-0.2, -0.15) is 0 Å². The van der Waals surface area contributed by atoms with Gasteiger partial charge in [0, 0.05) is 5.56 Å². The Labute approximate surface area is 148 Å². The maximum atomic E-state index is 12.2. The van der Waals surface area contributed by atoms with Gasteiger partial charge in [-0.3, -0.25) is 0 Å². The molecule has 0 spiro atoms. The van der Waals surface area contributed by atoms with Crippen molar-refractivity contribution in [2.75, 3.05) is 19.7 Å². The highest BCUT2D eigenvalue weighted by Gasteiger charge is 2.15. The average molecular weight is 363 g/mol. The predicted octanol–water partition coefficient (Wildman–Crippen LogP) is 0.905. The first-order valence-corrected chi connectivity index (χ1v) is 9.63. The van der Waals surface area contributed by atoms with Crippen molar-refractivity contribution in [3.8, 4) is 0 Å². The number of nitrogens with one attached hydrogen (secondary N) is 1. The number of sulfonamides is 1. The summed E-state index contributed by atoms with van der Waals surface area (Å²) < 4.78 is 31.9. The lowest BCUT2D eigenvalue weighted by molar-refractivity contribution is -0.668. The van der Waals surface area contributed by atoms with Gasteiger partial charge in [-0.25, -0.2) is 17.9 Å². The van der Waals surface area contributed by atoms with Crippen LogP contribution in [0.15, 0.2) is 59.5 Å². The zero-order valence-electron chi connectivity index (χ0n) is 14.1. The summed E-state index contributed by atoms with van der Waals surface area (Å²) in [5.41, 5.74) is 1.52. The molecule has 0 saturated carbocycles. The van der Waals surface area contributed by atoms with Crippen LogP contribution in [0.2, 0.25) is 0 Å². The van der Waals surface area contributed by atoms with Crippen LogP contribution in [-0.2, 0) is 21.3 Å². The molecule has 2 rings (SSSR count). The standard InChI is InChI=1S/C18H22N2O4S/c1-2-24-18(21)16-8-10-17(11-9-16)25(22,23)20-13-12-19-14-15-6-4-3-5-7-15/h3-11,19-20H,2,12-14H2,1H3/p+1. The van der Waals surface area contributed by atoms with Crippen molar-refractivity contribution in [2.45, 2.75) is 18.4 Å². The molecule has 134 valence electrons. The van der Waals surface area contributed by atoms with Crippen LogP contribution in [0.25, 0.3) is 0 Å². The van der Waals surface area contributed by atoms with E-state index in [0.717, 1.165) is 6.54 Å². The van der Waals surface area contributed by atoms with E-state index in [4.69, 9.17) is 4.74 Å². The Morgan fingerprint density at radius 3 is 2.40 bits per heavy atom. The van der Waals surface area contributed by atoms with Gasteiger partial charge in [0.2, 0.25) is 10.0 Å². The molecule has 0 fully saturated rings. The lowest BCUT2D eigenvalue weighted by Crippen LogP contribution is -2.84. The second-order valence-electron chi connectivity index (χ2n) is 5.41. The lowest BCUT2D eigenvalue weighted by atomic mass is 10.2. The van der Waals surface area contributed by atoms with Crippen molar-refractivity contribution in [2.24, 2.45) is 0 Å². The third kappa shape index (κ3) is 5.97. The number of esters is 1. The SMILES string of the molecule is CCOC(=O)c1ccc(S(=O)(=O)NCC[NH2+]Cc2ccccc2)cc1. The largest absolute Gasteiger partial charge is 0.462 e. The fourth-order valence-corrected chi connectivity index (χ4v) is 3.29. The number of rotatable bonds is 9. The molecule has 0 radical (unpaired) electrons. The first-order valence-electron chi connectivity index (χ1n) is 8.15. The Balaban J connectivity index is 1.81. The van der Waals surface area contributed by atoms with Crippen molar-refractivity contribution in [3.05, 3.63) is 65.7 Å². The number of ether oxygens (including phenoxy) is 1. The Bertz CT molecular complexity index is 774. The molecule has 0 heterocycles. The van der Waals surface area contributed by atoms with Gasteiger partial charge in [0.05, 0.1) is 30.2 Å². The highest BCUT2D eigenvalue weighted by Crippen LogP contribution is 2.11. The van der Waals surface area contributed by atoms with Gasteiger partial charge in [-0.05, 0) is 31.2 Å². The van der Waals surface area contributed by atoms with Crippen molar-refractivity contribution >= 4 is 16.0 Å². The van der Waals surface area contributed by atoms with Crippen LogP contribution in [0.5, 0.6) is 0 Å². The summed E-state index contributed by atoms with van der Waals surface area (Å²) in [5.74, 6) is -0.463. The lowest BCUT2D eigenvalue weighted by Gasteiger charge is -2.07. The van der Waals surface area contributed by atoms with Crippen LogP contribution in [0.1, 0.15) is 22.8 Å². The second-order valence-corrected chi connectivity index (χ2v) is 7.18. The summed E-state index contributed by atoms with van der Waals surface area (Å²) in [6, 6.07) is 15.7. The molecule has 25 heavy (non-hydrogen) atoms. The van der Waals surface area contributed by atoms with Crippen LogP contribution in [-0.4, -0.2) is 34.1 Å². The van der Waals surface area contributed by atoms with Gasteiger partial charge < -0.3 is 10.1 Å². The number of nitrogens with two attached hydrogens (primary N) is 1. The van der Waals surface area contributed by atoms with E-state index < -0.39 is 16.0 Å². The second kappa shape index (κ2) is 9.31. The quantitative estimate of drug-likeness (QED) is 0.512. The Kier molecular flexibility index (Phi) is 7.12. The van der Waals surface area contributed by atoms with Crippen molar-refractivity contribution in [1.29, 1.82) is 0 Å². The highest BCUT2D eigenvalue weighted by molar-refractivity contribution is 7.89. The third-order valence-electron chi connectivity index (χ3n) is 3.54. The van der Waals surface area contributed by atoms with Gasteiger partial charge in [-0.1, -0.05) is 30.3 Å². The van der Waals surface area contributed by atoms with E-state index in [-0.39, 0.29) is 11.5 Å². The molecule has 2 aromatic rings. The number of hydrogen-bond acceptors (Lipinski definition) is 4. The number of carbonyl (C=O) groups excluding carboxylic acids is 1. The minimum atomic E-state index is -3.58. The fourth-order valence-electron chi connectivity index (χ4n) is 2.25. The third-order valence-corrected chi connectivity index (χ3v) is 5.02. The monoisotopic (exact) mass is 363 g/mol. The molecule has 7 heteroatoms. The predicted molar refractivity (Wildman–Crippen MR) is 94.5 cm³/mol. The zero-order valence-corrected chi connectivity index (χ0v) is 15.0. The molecule has 0 amide bonds. The van der Waals surface area contributed by atoms with Gasteiger partial charge in [0.15, 0.2) is 0 Å². The van der Waals surface area contributed by atoms with Gasteiger partial charge >= 0.3 is 5.97 Å². The van der Waals surface area contributed by atoms with E-state index in [1.165, 1.54) is 29.8 Å². The average Bonchev–Trinajstić information content (AvgIpc) is 2.62. The highest BCUT2D eigenvalue weighted by atomic mass is 32.2. The maximum absolute atomic E-state index is 12.2. The van der Waals surface area contributed by atoms with Crippen LogP contribution in [0.4, 0.5) is 0 Å². The van der Waals surface area contributed by atoms with Crippen LogP contribution >= 0.6 is 0 Å². The molecule has 0 bridgehead atoms. The molecule has 0 saturated heterocycles. The zero-order chi connectivity index (χ0) is 18.1. The minimum absolute atomic E-state index is 0.128. The van der Waals surface area contributed by atoms with Crippen LogP contribution in [0, 0.1) is 0 Å². The molecular weight excluding hydrogens is 340 g/mol.